The molecule has 9 heterocycles. The molecule has 8 fully saturated rings. The van der Waals surface area contributed by atoms with E-state index in [0.29, 0.717) is 57.8 Å². The molecular formula is C47H70O15. The highest BCUT2D eigenvalue weighted by Crippen LogP contribution is 2.55. The van der Waals surface area contributed by atoms with Crippen LogP contribution in [-0.2, 0) is 52.2 Å². The van der Waals surface area contributed by atoms with Crippen molar-refractivity contribution in [2.75, 3.05) is 13.2 Å². The van der Waals surface area contributed by atoms with Crippen LogP contribution < -0.4 is 0 Å². The van der Waals surface area contributed by atoms with E-state index in [1.165, 1.54) is 0 Å². The summed E-state index contributed by atoms with van der Waals surface area (Å²) in [5.41, 5.74) is -1.73. The van der Waals surface area contributed by atoms with Gasteiger partial charge in [-0.25, -0.2) is 0 Å². The Hall–Kier alpha value is -1.86. The molecule has 0 amide bonds. The second kappa shape index (κ2) is 16.5. The molecule has 0 aromatic rings. The summed E-state index contributed by atoms with van der Waals surface area (Å²) in [7, 11) is 0. The van der Waals surface area contributed by atoms with Crippen molar-refractivity contribution in [3.8, 4) is 0 Å². The molecule has 0 saturated carbocycles. The van der Waals surface area contributed by atoms with Crippen molar-refractivity contribution in [1.29, 1.82) is 0 Å². The van der Waals surface area contributed by atoms with E-state index in [0.717, 1.165) is 18.4 Å². The number of hydrogen-bond donors (Lipinski definition) is 4. The van der Waals surface area contributed by atoms with E-state index >= 15 is 0 Å². The number of allylic oxidation sites excluding steroid dienone is 3. The van der Waals surface area contributed by atoms with Crippen LogP contribution in [0.2, 0.25) is 0 Å². The Balaban J connectivity index is 1.01. The zero-order valence-electron chi connectivity index (χ0n) is 37.3. The van der Waals surface area contributed by atoms with Crippen LogP contribution >= 0.6 is 0 Å². The zero-order valence-corrected chi connectivity index (χ0v) is 37.3. The summed E-state index contributed by atoms with van der Waals surface area (Å²) in [5.74, 6) is -5.63. The molecule has 10 bridgehead atoms. The first kappa shape index (κ1) is 45.3. The highest BCUT2D eigenvalue weighted by atomic mass is 16.8. The number of aliphatic hydroxyl groups is 4. The maximum absolute atomic E-state index is 14.1. The monoisotopic (exact) mass is 874 g/mol. The molecule has 8 saturated heterocycles. The molecule has 19 atom stereocenters. The minimum Gasteiger partial charge on any atom is -0.459 e. The molecule has 0 aliphatic carbocycles. The quantitative estimate of drug-likeness (QED) is 0.288. The Labute approximate surface area is 365 Å². The minimum absolute atomic E-state index is 0.0379. The van der Waals surface area contributed by atoms with Gasteiger partial charge in [0.15, 0.2) is 17.4 Å². The van der Waals surface area contributed by atoms with E-state index < -0.39 is 107 Å². The predicted octanol–water partition coefficient (Wildman–Crippen LogP) is 4.23. The van der Waals surface area contributed by atoms with E-state index in [4.69, 9.17) is 42.6 Å². The number of rotatable bonds is 2. The van der Waals surface area contributed by atoms with Crippen LogP contribution in [0.1, 0.15) is 131 Å². The van der Waals surface area contributed by atoms with Crippen LogP contribution in [0.25, 0.3) is 0 Å². The molecule has 0 radical (unpaired) electrons. The fraction of sp³-hybridized carbons (Fsp3) is 0.872. The van der Waals surface area contributed by atoms with Gasteiger partial charge in [-0.15, -0.1) is 0 Å². The molecule has 0 aromatic carbocycles. The second-order valence-corrected chi connectivity index (χ2v) is 21.2. The molecule has 2 spiro atoms. The van der Waals surface area contributed by atoms with Crippen LogP contribution in [0.15, 0.2) is 23.8 Å². The van der Waals surface area contributed by atoms with Crippen molar-refractivity contribution in [2.45, 2.75) is 227 Å². The van der Waals surface area contributed by atoms with Crippen molar-refractivity contribution < 1.29 is 72.6 Å². The predicted molar refractivity (Wildman–Crippen MR) is 219 cm³/mol. The molecule has 9 aliphatic heterocycles. The number of carbonyl (C=O) groups excluding carboxylic acids is 2. The van der Waals surface area contributed by atoms with Crippen LogP contribution in [0.5, 0.6) is 0 Å². The van der Waals surface area contributed by atoms with Crippen molar-refractivity contribution in [1.82, 2.24) is 0 Å². The van der Waals surface area contributed by atoms with E-state index in [-0.39, 0.29) is 50.1 Å². The third-order valence-corrected chi connectivity index (χ3v) is 16.0. The number of ketones is 1. The average molecular weight is 875 g/mol. The van der Waals surface area contributed by atoms with E-state index in [1.54, 1.807) is 13.8 Å². The summed E-state index contributed by atoms with van der Waals surface area (Å²) in [6.45, 7) is 11.7. The molecule has 0 unspecified atom stereocenters. The van der Waals surface area contributed by atoms with E-state index in [2.05, 4.69) is 19.9 Å². The Morgan fingerprint density at radius 3 is 2.39 bits per heavy atom. The average Bonchev–Trinajstić information content (AvgIpc) is 4.06. The number of fused-ring (bicyclic) bond motifs is 10. The molecule has 15 nitrogen and oxygen atoms in total. The number of carbonyl (C=O) groups is 2. The Kier molecular flexibility index (Phi) is 12.0. The summed E-state index contributed by atoms with van der Waals surface area (Å²) < 4.78 is 58.8. The number of Topliss-reactive ketones (excluding diaryl/α,β-unsaturated/α-hetero) is 1. The van der Waals surface area contributed by atoms with Gasteiger partial charge in [0.1, 0.15) is 48.3 Å². The Bertz CT molecular complexity index is 1770. The van der Waals surface area contributed by atoms with Gasteiger partial charge in [-0.1, -0.05) is 37.6 Å². The summed E-state index contributed by atoms with van der Waals surface area (Å²) in [6, 6.07) is 0. The van der Waals surface area contributed by atoms with Crippen molar-refractivity contribution in [3.63, 3.8) is 0 Å². The van der Waals surface area contributed by atoms with E-state index in [9.17, 15) is 30.0 Å². The largest absolute Gasteiger partial charge is 0.459 e. The molecular weight excluding hydrogens is 805 g/mol. The minimum atomic E-state index is -1.97. The lowest BCUT2D eigenvalue weighted by atomic mass is 9.87. The summed E-state index contributed by atoms with van der Waals surface area (Å²) in [4.78, 5) is 28.0. The van der Waals surface area contributed by atoms with Gasteiger partial charge in [-0.05, 0) is 90.9 Å². The molecule has 9 aliphatic rings. The van der Waals surface area contributed by atoms with Crippen molar-refractivity contribution >= 4 is 11.8 Å². The van der Waals surface area contributed by atoms with Gasteiger partial charge in [0.05, 0.1) is 48.6 Å². The first-order valence-corrected chi connectivity index (χ1v) is 23.5. The highest BCUT2D eigenvalue weighted by Gasteiger charge is 2.66. The molecule has 4 N–H and O–H groups in total. The van der Waals surface area contributed by atoms with Gasteiger partial charge < -0.3 is 63.1 Å². The SMILES string of the molecule is CC1=C/[C@@H](C)C[C@]2(C)CC[C@H](O2)[C@]23CC[C@](CO)(C[C@H](O2)[C@@H]2O[C@@](C)(CC2=O)[C@H](O)[C@H]2CC[C@@]4(CCC[C@@H](O4)[C@H](C)C(=O)O[C@H]4C[C@H]([C@]5(O)OCC[C@H](C)[C@@H]5O)O[C@H]4/C=C\1)O2)O3. The van der Waals surface area contributed by atoms with Crippen molar-refractivity contribution in [3.05, 3.63) is 23.8 Å². The normalized spacial score (nSPS) is 55.0. The summed E-state index contributed by atoms with van der Waals surface area (Å²) in [5, 5.41) is 45.5. The molecule has 348 valence electrons. The van der Waals surface area contributed by atoms with Crippen LogP contribution in [0, 0.1) is 17.8 Å². The molecule has 0 aromatic heterocycles. The Morgan fingerprint density at radius 2 is 1.60 bits per heavy atom. The number of esters is 1. The van der Waals surface area contributed by atoms with Gasteiger partial charge in [0.25, 0.3) is 0 Å². The third kappa shape index (κ3) is 8.09. The maximum Gasteiger partial charge on any atom is 0.311 e. The molecule has 9 rings (SSSR count). The van der Waals surface area contributed by atoms with Gasteiger partial charge in [0.2, 0.25) is 5.79 Å². The first-order chi connectivity index (χ1) is 29.3. The lowest BCUT2D eigenvalue weighted by molar-refractivity contribution is -0.365. The number of ether oxygens (including phenoxy) is 9. The fourth-order valence-corrected chi connectivity index (χ4v) is 12.5. The highest BCUT2D eigenvalue weighted by molar-refractivity contribution is 5.86. The maximum atomic E-state index is 14.1. The topological polar surface area (TPSA) is 198 Å². The number of hydrogen-bond acceptors (Lipinski definition) is 15. The van der Waals surface area contributed by atoms with Gasteiger partial charge in [-0.3, -0.25) is 9.59 Å². The van der Waals surface area contributed by atoms with Crippen LogP contribution in [-0.4, -0.2) is 141 Å². The van der Waals surface area contributed by atoms with Crippen LogP contribution in [0.4, 0.5) is 0 Å². The molecule has 15 heteroatoms. The van der Waals surface area contributed by atoms with Gasteiger partial charge >= 0.3 is 5.97 Å². The lowest BCUT2D eigenvalue weighted by Crippen LogP contribution is -2.59. The summed E-state index contributed by atoms with van der Waals surface area (Å²) >= 11 is 0. The fourth-order valence-electron chi connectivity index (χ4n) is 12.5. The van der Waals surface area contributed by atoms with Crippen LogP contribution in [0.3, 0.4) is 0 Å². The van der Waals surface area contributed by atoms with E-state index in [1.807, 2.05) is 26.0 Å². The standard InChI is InChI=1S/C47H70O15/c1-26-9-10-32-34(21-37(55-32)47(53)39(50)28(3)13-19-54-47)56-41(52)29(4)31-8-7-14-45(57-31)16-11-33(58-45)40(51)43(6)23-30(49)38(61-43)35-24-44(25-48)17-18-46(59-35,62-44)36-12-15-42(5,60-36)22-27(2)20-26/h9-10,20,27-29,31-40,48,50-51,53H,7-8,11-19,21-25H2,1-6H3/b10-9-,26-20-/t27-,28+,29+,31-,32+,33-,34+,35+,36+,37-,38-,39+,40-,42+,43+,44-,45-,46-,47+/m1/s1. The molecule has 62 heavy (non-hydrogen) atoms. The third-order valence-electron chi connectivity index (χ3n) is 16.0. The second-order valence-electron chi connectivity index (χ2n) is 21.2. The van der Waals surface area contributed by atoms with Crippen molar-refractivity contribution in [2.24, 2.45) is 17.8 Å². The smallest absolute Gasteiger partial charge is 0.311 e. The Morgan fingerprint density at radius 1 is 0.806 bits per heavy atom. The van der Waals surface area contributed by atoms with Gasteiger partial charge in [-0.2, -0.15) is 0 Å². The zero-order chi connectivity index (χ0) is 44.0. The van der Waals surface area contributed by atoms with Gasteiger partial charge in [0, 0.05) is 38.5 Å². The first-order valence-electron chi connectivity index (χ1n) is 23.5. The lowest BCUT2D eigenvalue weighted by Gasteiger charge is -2.47. The summed E-state index contributed by atoms with van der Waals surface area (Å²) in [6.07, 6.45) is 4.76. The number of aliphatic hydroxyl groups excluding tert-OH is 3.